The van der Waals surface area contributed by atoms with Crippen LogP contribution in [0.2, 0.25) is 0 Å². The molecule has 0 spiro atoms. The highest BCUT2D eigenvalue weighted by molar-refractivity contribution is 6.26. The molecule has 0 aliphatic heterocycles. The van der Waals surface area contributed by atoms with Gasteiger partial charge >= 0.3 is 0 Å². The quantitative estimate of drug-likeness (QED) is 0.174. The summed E-state index contributed by atoms with van der Waals surface area (Å²) in [6.45, 7) is 0. The monoisotopic (exact) mass is 675 g/mol. The Labute approximate surface area is 304 Å². The first-order chi connectivity index (χ1) is 26.3. The van der Waals surface area contributed by atoms with Crippen molar-refractivity contribution < 1.29 is 4.42 Å². The molecule has 0 bridgehead atoms. The van der Waals surface area contributed by atoms with Gasteiger partial charge in [-0.3, -0.25) is 0 Å². The number of rotatable bonds is 4. The van der Waals surface area contributed by atoms with Gasteiger partial charge < -0.3 is 4.42 Å². The molecule has 3 heterocycles. The predicted molar refractivity (Wildman–Crippen MR) is 219 cm³/mol. The highest BCUT2D eigenvalue weighted by Gasteiger charge is 2.19. The SMILES string of the molecule is c1ccc(-c2nc(-c3cccc(-c4nc5ccccc5c5oc6ccccc6c45)c3)cc(-c3ccc4c5ccccc5c5ccccc5c4c3)n2)cc1. The summed E-state index contributed by atoms with van der Waals surface area (Å²) in [7, 11) is 0. The van der Waals surface area contributed by atoms with Gasteiger partial charge in [0, 0.05) is 33.0 Å². The molecule has 8 aromatic carbocycles. The van der Waals surface area contributed by atoms with Crippen LogP contribution in [0.4, 0.5) is 0 Å². The van der Waals surface area contributed by atoms with Crippen LogP contribution >= 0.6 is 0 Å². The summed E-state index contributed by atoms with van der Waals surface area (Å²) in [5, 5.41) is 10.5. The summed E-state index contributed by atoms with van der Waals surface area (Å²) in [6, 6.07) is 61.4. The average Bonchev–Trinajstić information content (AvgIpc) is 3.64. The van der Waals surface area contributed by atoms with E-state index in [0.717, 1.165) is 72.2 Å². The van der Waals surface area contributed by atoms with Gasteiger partial charge in [-0.2, -0.15) is 0 Å². The highest BCUT2D eigenvalue weighted by Crippen LogP contribution is 2.41. The molecule has 0 aliphatic carbocycles. The van der Waals surface area contributed by atoms with E-state index in [1.54, 1.807) is 0 Å². The predicted octanol–water partition coefficient (Wildman–Crippen LogP) is 13.1. The van der Waals surface area contributed by atoms with Gasteiger partial charge in [0.15, 0.2) is 5.82 Å². The normalized spacial score (nSPS) is 11.8. The fourth-order valence-electron chi connectivity index (χ4n) is 7.97. The van der Waals surface area contributed by atoms with Gasteiger partial charge in [0.25, 0.3) is 0 Å². The molecular formula is C49H29N3O. The van der Waals surface area contributed by atoms with E-state index < -0.39 is 0 Å². The molecule has 0 saturated heterocycles. The van der Waals surface area contributed by atoms with Crippen LogP contribution in [0.25, 0.3) is 110 Å². The largest absolute Gasteiger partial charge is 0.455 e. The third-order valence-corrected chi connectivity index (χ3v) is 10.4. The van der Waals surface area contributed by atoms with Gasteiger partial charge in [0.05, 0.1) is 28.0 Å². The lowest BCUT2D eigenvalue weighted by atomic mass is 9.92. The number of hydrogen-bond acceptors (Lipinski definition) is 4. The minimum absolute atomic E-state index is 0.680. The maximum absolute atomic E-state index is 6.49. The van der Waals surface area contributed by atoms with Crippen molar-refractivity contribution in [3.05, 3.63) is 176 Å². The zero-order valence-corrected chi connectivity index (χ0v) is 28.5. The van der Waals surface area contributed by atoms with Gasteiger partial charge in [0.2, 0.25) is 0 Å². The van der Waals surface area contributed by atoms with Crippen molar-refractivity contribution >= 4 is 65.2 Å². The molecule has 246 valence electrons. The Morgan fingerprint density at radius 1 is 0.340 bits per heavy atom. The van der Waals surface area contributed by atoms with Crippen molar-refractivity contribution in [2.45, 2.75) is 0 Å². The van der Waals surface area contributed by atoms with Crippen LogP contribution in [0.1, 0.15) is 0 Å². The molecular weight excluding hydrogens is 647 g/mol. The molecule has 0 N–H and O–H groups in total. The Bertz CT molecular complexity index is 3200. The van der Waals surface area contributed by atoms with Crippen LogP contribution in [0, 0.1) is 0 Å². The van der Waals surface area contributed by atoms with Crippen molar-refractivity contribution in [1.82, 2.24) is 15.0 Å². The van der Waals surface area contributed by atoms with E-state index in [1.807, 2.05) is 48.5 Å². The fraction of sp³-hybridized carbons (Fsp3) is 0. The number of nitrogens with zero attached hydrogens (tertiary/aromatic N) is 3. The molecule has 0 atom stereocenters. The minimum atomic E-state index is 0.680. The number of hydrogen-bond donors (Lipinski definition) is 0. The van der Waals surface area contributed by atoms with Crippen molar-refractivity contribution in [3.63, 3.8) is 0 Å². The molecule has 0 unspecified atom stereocenters. The van der Waals surface area contributed by atoms with Gasteiger partial charge in [-0.15, -0.1) is 0 Å². The lowest BCUT2D eigenvalue weighted by Gasteiger charge is -2.13. The molecule has 11 rings (SSSR count). The first-order valence-electron chi connectivity index (χ1n) is 17.9. The van der Waals surface area contributed by atoms with Crippen LogP contribution in [0.3, 0.4) is 0 Å². The average molecular weight is 676 g/mol. The van der Waals surface area contributed by atoms with Crippen molar-refractivity contribution in [2.75, 3.05) is 0 Å². The summed E-state index contributed by atoms with van der Waals surface area (Å²) >= 11 is 0. The first-order valence-corrected chi connectivity index (χ1v) is 17.9. The smallest absolute Gasteiger partial charge is 0.160 e. The molecule has 3 aromatic heterocycles. The Hall–Kier alpha value is -7.17. The second-order valence-corrected chi connectivity index (χ2v) is 13.5. The van der Waals surface area contributed by atoms with Crippen LogP contribution in [0.15, 0.2) is 180 Å². The molecule has 0 amide bonds. The molecule has 0 fully saturated rings. The van der Waals surface area contributed by atoms with E-state index >= 15 is 0 Å². The van der Waals surface area contributed by atoms with Crippen molar-refractivity contribution in [3.8, 4) is 45.2 Å². The molecule has 11 aromatic rings. The van der Waals surface area contributed by atoms with E-state index in [1.165, 1.54) is 32.3 Å². The second kappa shape index (κ2) is 11.7. The highest BCUT2D eigenvalue weighted by atomic mass is 16.3. The first kappa shape index (κ1) is 29.5. The molecule has 4 heteroatoms. The van der Waals surface area contributed by atoms with E-state index in [4.69, 9.17) is 19.4 Å². The zero-order chi connectivity index (χ0) is 34.9. The molecule has 53 heavy (non-hydrogen) atoms. The third-order valence-electron chi connectivity index (χ3n) is 10.4. The van der Waals surface area contributed by atoms with Crippen LogP contribution < -0.4 is 0 Å². The van der Waals surface area contributed by atoms with Crippen LogP contribution in [0.5, 0.6) is 0 Å². The fourth-order valence-corrected chi connectivity index (χ4v) is 7.97. The number of benzene rings is 8. The standard InChI is InChI=1S/C49H29N3O/c1-2-13-30(14-3-1)49-51-43(29-44(52-49)32-25-26-38-36-19-5-4-17-34(36)35-18-6-7-20-37(35)41(38)28-32)31-15-12-16-33(27-31)47-46-40-22-9-11-24-45(40)53-48(46)39-21-8-10-23-42(39)50-47/h1-29H. The molecule has 0 saturated carbocycles. The Balaban J connectivity index is 1.13. The summed E-state index contributed by atoms with van der Waals surface area (Å²) in [5.41, 5.74) is 9.17. The minimum Gasteiger partial charge on any atom is -0.455 e. The number of pyridine rings is 1. The van der Waals surface area contributed by atoms with Gasteiger partial charge in [-0.1, -0.05) is 140 Å². The molecule has 0 aliphatic rings. The summed E-state index contributed by atoms with van der Waals surface area (Å²) in [4.78, 5) is 15.6. The van der Waals surface area contributed by atoms with E-state index in [-0.39, 0.29) is 0 Å². The maximum atomic E-state index is 6.49. The summed E-state index contributed by atoms with van der Waals surface area (Å²) < 4.78 is 6.49. The zero-order valence-electron chi connectivity index (χ0n) is 28.5. The Morgan fingerprint density at radius 3 is 1.62 bits per heavy atom. The Kier molecular flexibility index (Phi) is 6.52. The number of aromatic nitrogens is 3. The van der Waals surface area contributed by atoms with Crippen molar-refractivity contribution in [2.24, 2.45) is 0 Å². The number of para-hydroxylation sites is 2. The van der Waals surface area contributed by atoms with Gasteiger partial charge in [0.1, 0.15) is 11.2 Å². The number of fused-ring (bicyclic) bond motifs is 11. The number of furan rings is 1. The Morgan fingerprint density at radius 2 is 0.887 bits per heavy atom. The lowest BCUT2D eigenvalue weighted by Crippen LogP contribution is -1.96. The maximum Gasteiger partial charge on any atom is 0.160 e. The van der Waals surface area contributed by atoms with E-state index in [0.29, 0.717) is 5.82 Å². The lowest BCUT2D eigenvalue weighted by molar-refractivity contribution is 0.672. The summed E-state index contributed by atoms with van der Waals surface area (Å²) in [6.07, 6.45) is 0. The third kappa shape index (κ3) is 4.73. The van der Waals surface area contributed by atoms with Crippen LogP contribution in [-0.4, -0.2) is 15.0 Å². The van der Waals surface area contributed by atoms with E-state index in [9.17, 15) is 0 Å². The second-order valence-electron chi connectivity index (χ2n) is 13.5. The summed E-state index contributed by atoms with van der Waals surface area (Å²) in [5.74, 6) is 0.680. The topological polar surface area (TPSA) is 51.8 Å². The van der Waals surface area contributed by atoms with Gasteiger partial charge in [-0.05, 0) is 68.7 Å². The van der Waals surface area contributed by atoms with Crippen LogP contribution in [-0.2, 0) is 0 Å². The molecule has 0 radical (unpaired) electrons. The van der Waals surface area contributed by atoms with Crippen molar-refractivity contribution in [1.29, 1.82) is 0 Å². The molecule has 4 nitrogen and oxygen atoms in total. The van der Waals surface area contributed by atoms with E-state index in [2.05, 4.69) is 127 Å². The van der Waals surface area contributed by atoms with Gasteiger partial charge in [-0.25, -0.2) is 15.0 Å².